The predicted molar refractivity (Wildman–Crippen MR) is 55.9 cm³/mol. The van der Waals surface area contributed by atoms with Crippen LogP contribution in [0.25, 0.3) is 0 Å². The highest BCUT2D eigenvalue weighted by Crippen LogP contribution is 2.36. The molecule has 2 rings (SSSR count). The Bertz CT molecular complexity index is 357. The summed E-state index contributed by atoms with van der Waals surface area (Å²) >= 11 is 3.48. The monoisotopic (exact) mass is 238 g/mol. The molecule has 1 aliphatic rings. The lowest BCUT2D eigenvalue weighted by Gasteiger charge is -2.26. The Morgan fingerprint density at radius 2 is 2.23 bits per heavy atom. The molecule has 13 heavy (non-hydrogen) atoms. The number of rotatable bonds is 1. The quantitative estimate of drug-likeness (QED) is 0.735. The number of hydrogen-bond donors (Lipinski definition) is 0. The maximum atomic E-state index is 11.3. The molecule has 1 saturated carbocycles. The number of Topliss-reactive ketones (excluding diaryl/α,β-unsaturated/α-hetero) is 1. The van der Waals surface area contributed by atoms with Crippen molar-refractivity contribution in [1.82, 2.24) is 0 Å². The van der Waals surface area contributed by atoms with Crippen LogP contribution >= 0.6 is 15.9 Å². The maximum absolute atomic E-state index is 11.3. The van der Waals surface area contributed by atoms with Gasteiger partial charge in [0.05, 0.1) is 0 Å². The normalized spacial score (nSPS) is 21.4. The zero-order valence-electron chi connectivity index (χ0n) is 7.51. The van der Waals surface area contributed by atoms with Gasteiger partial charge in [0.1, 0.15) is 5.78 Å². The molecule has 1 nitrogen and oxygen atoms in total. The van der Waals surface area contributed by atoms with E-state index in [1.165, 1.54) is 11.1 Å². The fraction of sp³-hybridized carbons (Fsp3) is 0.364. The van der Waals surface area contributed by atoms with Gasteiger partial charge in [0.2, 0.25) is 0 Å². The fourth-order valence-corrected chi connectivity index (χ4v) is 2.12. The van der Waals surface area contributed by atoms with Gasteiger partial charge in [0.25, 0.3) is 0 Å². The van der Waals surface area contributed by atoms with Crippen molar-refractivity contribution in [3.63, 3.8) is 0 Å². The third kappa shape index (κ3) is 1.44. The molecule has 0 spiro atoms. The van der Waals surface area contributed by atoms with Crippen LogP contribution in [-0.4, -0.2) is 5.78 Å². The summed E-state index contributed by atoms with van der Waals surface area (Å²) < 4.78 is 1.10. The first-order chi connectivity index (χ1) is 6.20. The SMILES string of the molecule is Cc1c(Br)cccc1C1CCC1=O. The van der Waals surface area contributed by atoms with Crippen LogP contribution in [0.2, 0.25) is 0 Å². The molecule has 1 fully saturated rings. The van der Waals surface area contributed by atoms with Crippen molar-refractivity contribution in [1.29, 1.82) is 0 Å². The van der Waals surface area contributed by atoms with E-state index in [-0.39, 0.29) is 5.92 Å². The van der Waals surface area contributed by atoms with Crippen LogP contribution in [-0.2, 0) is 4.79 Å². The van der Waals surface area contributed by atoms with E-state index in [2.05, 4.69) is 28.9 Å². The van der Waals surface area contributed by atoms with E-state index in [9.17, 15) is 4.79 Å². The molecule has 1 aromatic rings. The van der Waals surface area contributed by atoms with Crippen molar-refractivity contribution in [2.24, 2.45) is 0 Å². The summed E-state index contributed by atoms with van der Waals surface area (Å²) in [7, 11) is 0. The molecule has 0 heterocycles. The van der Waals surface area contributed by atoms with E-state index in [1.54, 1.807) is 0 Å². The summed E-state index contributed by atoms with van der Waals surface area (Å²) in [5.74, 6) is 0.568. The molecule has 0 N–H and O–H groups in total. The molecule has 1 aliphatic carbocycles. The predicted octanol–water partition coefficient (Wildman–Crippen LogP) is 3.20. The number of hydrogen-bond acceptors (Lipinski definition) is 1. The van der Waals surface area contributed by atoms with Gasteiger partial charge in [-0.3, -0.25) is 4.79 Å². The Balaban J connectivity index is 2.40. The van der Waals surface area contributed by atoms with Crippen molar-refractivity contribution in [2.45, 2.75) is 25.7 Å². The molecule has 0 aromatic heterocycles. The summed E-state index contributed by atoms with van der Waals surface area (Å²) in [4.78, 5) is 11.3. The fourth-order valence-electron chi connectivity index (χ4n) is 1.74. The lowest BCUT2D eigenvalue weighted by molar-refractivity contribution is -0.125. The first-order valence-corrected chi connectivity index (χ1v) is 5.27. The molecular formula is C11H11BrO. The summed E-state index contributed by atoms with van der Waals surface area (Å²) in [5, 5.41) is 0. The zero-order chi connectivity index (χ0) is 9.42. The number of halogens is 1. The van der Waals surface area contributed by atoms with E-state index in [0.29, 0.717) is 5.78 Å². The topological polar surface area (TPSA) is 17.1 Å². The second kappa shape index (κ2) is 3.26. The lowest BCUT2D eigenvalue weighted by atomic mass is 9.77. The molecular weight excluding hydrogens is 228 g/mol. The highest BCUT2D eigenvalue weighted by molar-refractivity contribution is 9.10. The number of carbonyl (C=O) groups excluding carboxylic acids is 1. The van der Waals surface area contributed by atoms with Gasteiger partial charge in [-0.25, -0.2) is 0 Å². The third-order valence-corrected chi connectivity index (χ3v) is 3.61. The van der Waals surface area contributed by atoms with Gasteiger partial charge in [0, 0.05) is 16.8 Å². The van der Waals surface area contributed by atoms with Crippen molar-refractivity contribution in [3.05, 3.63) is 33.8 Å². The van der Waals surface area contributed by atoms with Crippen molar-refractivity contribution in [2.75, 3.05) is 0 Å². The smallest absolute Gasteiger partial charge is 0.140 e. The lowest BCUT2D eigenvalue weighted by Crippen LogP contribution is -2.23. The van der Waals surface area contributed by atoms with Crippen LogP contribution < -0.4 is 0 Å². The zero-order valence-corrected chi connectivity index (χ0v) is 9.10. The first kappa shape index (κ1) is 8.95. The van der Waals surface area contributed by atoms with Gasteiger partial charge in [-0.1, -0.05) is 28.1 Å². The van der Waals surface area contributed by atoms with Crippen LogP contribution in [0.5, 0.6) is 0 Å². The summed E-state index contributed by atoms with van der Waals surface area (Å²) in [6.45, 7) is 2.06. The summed E-state index contributed by atoms with van der Waals surface area (Å²) in [5.41, 5.74) is 2.41. The molecule has 0 aliphatic heterocycles. The first-order valence-electron chi connectivity index (χ1n) is 4.48. The van der Waals surface area contributed by atoms with Crippen molar-refractivity contribution >= 4 is 21.7 Å². The highest BCUT2D eigenvalue weighted by Gasteiger charge is 2.30. The maximum Gasteiger partial charge on any atom is 0.140 e. The minimum atomic E-state index is 0.178. The molecule has 1 atom stereocenters. The van der Waals surface area contributed by atoms with Gasteiger partial charge in [-0.2, -0.15) is 0 Å². The number of carbonyl (C=O) groups is 1. The van der Waals surface area contributed by atoms with E-state index < -0.39 is 0 Å². The standard InChI is InChI=1S/C11H11BrO/c1-7-8(3-2-4-10(7)12)9-5-6-11(9)13/h2-4,9H,5-6H2,1H3. The van der Waals surface area contributed by atoms with E-state index in [0.717, 1.165) is 17.3 Å². The highest BCUT2D eigenvalue weighted by atomic mass is 79.9. The average molecular weight is 239 g/mol. The van der Waals surface area contributed by atoms with Crippen LogP contribution in [0.1, 0.15) is 29.9 Å². The third-order valence-electron chi connectivity index (χ3n) is 2.75. The van der Waals surface area contributed by atoms with Gasteiger partial charge in [-0.05, 0) is 30.5 Å². The minimum absolute atomic E-state index is 0.178. The molecule has 1 unspecified atom stereocenters. The summed E-state index contributed by atoms with van der Waals surface area (Å²) in [6, 6.07) is 6.07. The van der Waals surface area contributed by atoms with Crippen LogP contribution in [0.3, 0.4) is 0 Å². The van der Waals surface area contributed by atoms with Gasteiger partial charge < -0.3 is 0 Å². The Morgan fingerprint density at radius 3 is 2.77 bits per heavy atom. The largest absolute Gasteiger partial charge is 0.299 e. The second-order valence-corrected chi connectivity index (χ2v) is 4.37. The van der Waals surface area contributed by atoms with Crippen molar-refractivity contribution < 1.29 is 4.79 Å². The molecule has 0 radical (unpaired) electrons. The second-order valence-electron chi connectivity index (χ2n) is 3.51. The van der Waals surface area contributed by atoms with Crippen LogP contribution in [0, 0.1) is 6.92 Å². The van der Waals surface area contributed by atoms with Crippen LogP contribution in [0.4, 0.5) is 0 Å². The number of ketones is 1. The number of benzene rings is 1. The Morgan fingerprint density at radius 1 is 1.46 bits per heavy atom. The Kier molecular flexibility index (Phi) is 2.24. The molecule has 68 valence electrons. The van der Waals surface area contributed by atoms with Gasteiger partial charge in [0.15, 0.2) is 0 Å². The molecule has 2 heteroatoms. The average Bonchev–Trinajstić information content (AvgIpc) is 2.10. The van der Waals surface area contributed by atoms with E-state index in [1.807, 2.05) is 12.1 Å². The van der Waals surface area contributed by atoms with E-state index in [4.69, 9.17) is 0 Å². The van der Waals surface area contributed by atoms with E-state index >= 15 is 0 Å². The molecule has 0 saturated heterocycles. The summed E-state index contributed by atoms with van der Waals surface area (Å²) in [6.07, 6.45) is 1.78. The molecule has 0 amide bonds. The van der Waals surface area contributed by atoms with Gasteiger partial charge >= 0.3 is 0 Å². The molecule has 0 bridgehead atoms. The Hall–Kier alpha value is -0.630. The minimum Gasteiger partial charge on any atom is -0.299 e. The Labute approximate surface area is 86.3 Å². The van der Waals surface area contributed by atoms with Crippen molar-refractivity contribution in [3.8, 4) is 0 Å². The van der Waals surface area contributed by atoms with Gasteiger partial charge in [-0.15, -0.1) is 0 Å². The molecule has 1 aromatic carbocycles. The van der Waals surface area contributed by atoms with Crippen LogP contribution in [0.15, 0.2) is 22.7 Å².